The third kappa shape index (κ3) is 22.1. The summed E-state index contributed by atoms with van der Waals surface area (Å²) in [5, 5.41) is 0. The van der Waals surface area contributed by atoms with Gasteiger partial charge in [0.2, 0.25) is 0 Å². The monoisotopic (exact) mass is 356 g/mol. The summed E-state index contributed by atoms with van der Waals surface area (Å²) >= 11 is 0. The van der Waals surface area contributed by atoms with Gasteiger partial charge in [-0.25, -0.2) is 4.57 Å². The first-order valence-electron chi connectivity index (χ1n) is 8.15. The first kappa shape index (κ1) is 28.9. The minimum absolute atomic E-state index is 0. The van der Waals surface area contributed by atoms with E-state index in [1.54, 1.807) is 0 Å². The van der Waals surface area contributed by atoms with Crippen molar-refractivity contribution in [2.45, 2.75) is 84.0 Å². The van der Waals surface area contributed by atoms with Crippen LogP contribution in [-0.4, -0.2) is 77.7 Å². The van der Waals surface area contributed by atoms with Gasteiger partial charge in [0.05, 0.1) is 6.61 Å². The van der Waals surface area contributed by atoms with E-state index in [1.807, 2.05) is 0 Å². The van der Waals surface area contributed by atoms with Crippen molar-refractivity contribution < 1.29 is 18.5 Å². The van der Waals surface area contributed by atoms with E-state index in [2.05, 4.69) is 11.4 Å². The van der Waals surface area contributed by atoms with Gasteiger partial charge in [-0.3, -0.25) is 9.05 Å². The van der Waals surface area contributed by atoms with Crippen molar-refractivity contribution in [1.29, 1.82) is 0 Å². The fraction of sp³-hybridized carbons (Fsp3) is 1.00. The Morgan fingerprint density at radius 1 is 0.773 bits per heavy atom. The molecule has 1 atom stereocenters. The third-order valence-corrected chi connectivity index (χ3v) is 4.45. The van der Waals surface area contributed by atoms with Gasteiger partial charge in [-0.2, -0.15) is 0 Å². The summed E-state index contributed by atoms with van der Waals surface area (Å²) in [6.07, 6.45) is 15.2. The Hall–Kier alpha value is 2.11. The van der Waals surface area contributed by atoms with Gasteiger partial charge in [-0.15, -0.1) is 0 Å². The summed E-state index contributed by atoms with van der Waals surface area (Å²) < 4.78 is 20.1. The Morgan fingerprint density at radius 2 is 1.14 bits per heavy atom. The number of hydrogen-bond acceptors (Lipinski definition) is 3. The zero-order valence-electron chi connectivity index (χ0n) is 13.3. The average molecular weight is 356 g/mol. The summed E-state index contributed by atoms with van der Waals surface area (Å²) in [4.78, 5) is 9.01. The molecule has 0 aromatic carbocycles. The predicted molar refractivity (Wildman–Crippen MR) is 98.2 cm³/mol. The van der Waals surface area contributed by atoms with E-state index in [-0.39, 0.29) is 59.1 Å². The number of phosphoric ester groups is 1. The molecule has 0 aliphatic rings. The summed E-state index contributed by atoms with van der Waals surface area (Å²) in [7, 11) is -2.57. The molecule has 0 spiro atoms. The molecule has 0 bridgehead atoms. The van der Waals surface area contributed by atoms with E-state index >= 15 is 0 Å². The van der Waals surface area contributed by atoms with Gasteiger partial charge >= 0.3 is 66.9 Å². The molecule has 0 aliphatic carbocycles. The molecular formula is C15H35Na2O4P. The molecule has 22 heavy (non-hydrogen) atoms. The Balaban J connectivity index is -0.00000180. The Morgan fingerprint density at radius 3 is 1.50 bits per heavy atom. The van der Waals surface area contributed by atoms with Crippen LogP contribution >= 0.6 is 7.82 Å². The third-order valence-electron chi connectivity index (χ3n) is 3.48. The first-order valence-corrected chi connectivity index (χ1v) is 9.65. The van der Waals surface area contributed by atoms with Crippen molar-refractivity contribution in [2.75, 3.05) is 13.7 Å². The van der Waals surface area contributed by atoms with Crippen molar-refractivity contribution in [3.05, 3.63) is 0 Å². The maximum atomic E-state index is 11.0. The average Bonchev–Trinajstić information content (AvgIpc) is 2.44. The molecule has 0 saturated heterocycles. The molecule has 1 N–H and O–H groups in total. The quantitative estimate of drug-likeness (QED) is 0.272. The van der Waals surface area contributed by atoms with Crippen LogP contribution in [-0.2, 0) is 13.6 Å². The Labute approximate surface area is 181 Å². The Kier molecular flexibility index (Phi) is 27.8. The van der Waals surface area contributed by atoms with Gasteiger partial charge in [0.25, 0.3) is 0 Å². The molecule has 0 radical (unpaired) electrons. The molecule has 0 rings (SSSR count). The van der Waals surface area contributed by atoms with Crippen LogP contribution in [0.25, 0.3) is 0 Å². The molecule has 1 unspecified atom stereocenters. The second-order valence-corrected chi connectivity index (χ2v) is 6.93. The van der Waals surface area contributed by atoms with Crippen LogP contribution in [0.1, 0.15) is 84.0 Å². The van der Waals surface area contributed by atoms with Crippen LogP contribution in [0.5, 0.6) is 0 Å². The number of unbranched alkanes of at least 4 members (excludes halogenated alkanes) is 11. The second kappa shape index (κ2) is 21.2. The summed E-state index contributed by atoms with van der Waals surface area (Å²) in [5.41, 5.74) is 0. The van der Waals surface area contributed by atoms with Gasteiger partial charge in [-0.1, -0.05) is 77.6 Å². The van der Waals surface area contributed by atoms with E-state index in [9.17, 15) is 4.57 Å². The molecule has 0 amide bonds. The molecular weight excluding hydrogens is 321 g/mol. The van der Waals surface area contributed by atoms with E-state index < -0.39 is 7.82 Å². The Bertz CT molecular complexity index is 256. The van der Waals surface area contributed by atoms with Gasteiger partial charge in [-0.05, 0) is 6.42 Å². The van der Waals surface area contributed by atoms with Crippen molar-refractivity contribution in [2.24, 2.45) is 0 Å². The molecule has 0 aromatic heterocycles. The summed E-state index contributed by atoms with van der Waals surface area (Å²) in [5.74, 6) is 0. The minimum atomic E-state index is -3.76. The topological polar surface area (TPSA) is 55.8 Å². The zero-order chi connectivity index (χ0) is 15.1. The van der Waals surface area contributed by atoms with Crippen LogP contribution in [0.2, 0.25) is 0 Å². The SMILES string of the molecule is CCCCCCCCCCCCCCOP(=O)(O)OC.[NaH].[NaH]. The number of rotatable bonds is 15. The second-order valence-electron chi connectivity index (χ2n) is 5.37. The summed E-state index contributed by atoms with van der Waals surface area (Å²) in [6, 6.07) is 0. The van der Waals surface area contributed by atoms with Crippen LogP contribution in [0.3, 0.4) is 0 Å². The van der Waals surface area contributed by atoms with E-state index in [0.29, 0.717) is 6.61 Å². The van der Waals surface area contributed by atoms with Crippen molar-refractivity contribution in [3.8, 4) is 0 Å². The molecule has 0 saturated carbocycles. The summed E-state index contributed by atoms with van der Waals surface area (Å²) in [6.45, 7) is 2.55. The van der Waals surface area contributed by atoms with Gasteiger partial charge in [0.15, 0.2) is 0 Å². The van der Waals surface area contributed by atoms with Crippen molar-refractivity contribution >= 4 is 66.9 Å². The van der Waals surface area contributed by atoms with Crippen LogP contribution < -0.4 is 0 Å². The molecule has 7 heteroatoms. The standard InChI is InChI=1S/C15H33O4P.2Na.2H/c1-3-4-5-6-7-8-9-10-11-12-13-14-15-19-20(16,17)18-2;;;;/h3-15H2,1-2H3,(H,16,17);;;;. The molecule has 126 valence electrons. The van der Waals surface area contributed by atoms with E-state index in [4.69, 9.17) is 9.42 Å². The maximum absolute atomic E-state index is 11.0. The normalized spacial score (nSPS) is 13.0. The molecule has 0 aliphatic heterocycles. The van der Waals surface area contributed by atoms with Crippen molar-refractivity contribution in [1.82, 2.24) is 0 Å². The van der Waals surface area contributed by atoms with Gasteiger partial charge in [0, 0.05) is 7.11 Å². The van der Waals surface area contributed by atoms with Gasteiger partial charge < -0.3 is 4.89 Å². The predicted octanol–water partition coefficient (Wildman–Crippen LogP) is 4.15. The molecule has 0 aromatic rings. The van der Waals surface area contributed by atoms with Crippen molar-refractivity contribution in [3.63, 3.8) is 0 Å². The van der Waals surface area contributed by atoms with E-state index in [1.165, 1.54) is 71.3 Å². The van der Waals surface area contributed by atoms with Crippen LogP contribution in [0.4, 0.5) is 0 Å². The molecule has 0 fully saturated rings. The van der Waals surface area contributed by atoms with Gasteiger partial charge in [0.1, 0.15) is 0 Å². The molecule has 4 nitrogen and oxygen atoms in total. The molecule has 0 heterocycles. The fourth-order valence-corrected chi connectivity index (χ4v) is 2.64. The fourth-order valence-electron chi connectivity index (χ4n) is 2.18. The van der Waals surface area contributed by atoms with Crippen LogP contribution in [0.15, 0.2) is 0 Å². The van der Waals surface area contributed by atoms with E-state index in [0.717, 1.165) is 12.8 Å². The number of phosphoric acid groups is 1. The number of hydrogen-bond donors (Lipinski definition) is 1. The van der Waals surface area contributed by atoms with Crippen LogP contribution in [0, 0.1) is 0 Å². The first-order chi connectivity index (χ1) is 9.62. The zero-order valence-corrected chi connectivity index (χ0v) is 14.2.